The Hall–Kier alpha value is -2.56. The van der Waals surface area contributed by atoms with Crippen molar-refractivity contribution in [2.75, 3.05) is 13.1 Å². The molecule has 1 atom stereocenters. The first-order valence-corrected chi connectivity index (χ1v) is 7.96. The van der Waals surface area contributed by atoms with Crippen LogP contribution in [-0.4, -0.2) is 41.1 Å². The quantitative estimate of drug-likeness (QED) is 0.792. The number of aromatic amines is 1. The third-order valence-corrected chi connectivity index (χ3v) is 5.37. The highest BCUT2D eigenvalue weighted by Crippen LogP contribution is 2.46. The van der Waals surface area contributed by atoms with Crippen molar-refractivity contribution in [2.24, 2.45) is 21.3 Å². The Balaban J connectivity index is 1.77. The summed E-state index contributed by atoms with van der Waals surface area (Å²) in [6.45, 7) is 1.33. The second kappa shape index (κ2) is 4.25. The number of allylic oxidation sites excluding steroid dienone is 4. The van der Waals surface area contributed by atoms with Crippen LogP contribution in [0.4, 0.5) is 0 Å². The Bertz CT molecular complexity index is 866. The van der Waals surface area contributed by atoms with E-state index in [1.165, 1.54) is 0 Å². The van der Waals surface area contributed by atoms with E-state index < -0.39 is 0 Å². The Morgan fingerprint density at radius 1 is 1.09 bits per heavy atom. The number of fused-ring (bicyclic) bond motifs is 3. The standard InChI is InChI=1S/C18H15N3O2/c22-11-1-4-18(5-2-11)6-8-20-16-13(18)14-12-10(3-7-19-14)9-21-15(12)17(16)23/h1-2,4-5,9,13,21H,3,6-8H2. The van der Waals surface area contributed by atoms with Crippen LogP contribution in [0.3, 0.4) is 0 Å². The van der Waals surface area contributed by atoms with E-state index in [1.807, 2.05) is 18.3 Å². The number of nitrogens with zero attached hydrogens (tertiary/aromatic N) is 2. The van der Waals surface area contributed by atoms with Gasteiger partial charge in [-0.05, 0) is 30.6 Å². The molecule has 1 aromatic rings. The summed E-state index contributed by atoms with van der Waals surface area (Å²) in [6.07, 6.45) is 10.7. The Morgan fingerprint density at radius 3 is 2.70 bits per heavy atom. The van der Waals surface area contributed by atoms with Gasteiger partial charge in [0, 0.05) is 30.3 Å². The van der Waals surface area contributed by atoms with Crippen molar-refractivity contribution in [3.05, 3.63) is 47.3 Å². The van der Waals surface area contributed by atoms with Gasteiger partial charge in [0.25, 0.3) is 0 Å². The second-order valence-corrected chi connectivity index (χ2v) is 6.54. The zero-order chi connectivity index (χ0) is 15.6. The molecule has 0 saturated carbocycles. The van der Waals surface area contributed by atoms with E-state index in [4.69, 9.17) is 4.99 Å². The van der Waals surface area contributed by atoms with Gasteiger partial charge in [-0.2, -0.15) is 0 Å². The Kier molecular flexibility index (Phi) is 2.39. The summed E-state index contributed by atoms with van der Waals surface area (Å²) in [5.41, 5.74) is 3.96. The zero-order valence-electron chi connectivity index (χ0n) is 12.5. The van der Waals surface area contributed by atoms with Crippen molar-refractivity contribution in [1.82, 2.24) is 4.98 Å². The fourth-order valence-electron chi connectivity index (χ4n) is 4.26. The molecule has 4 aliphatic rings. The molecule has 0 radical (unpaired) electrons. The van der Waals surface area contributed by atoms with Gasteiger partial charge in [0.05, 0.1) is 23.0 Å². The van der Waals surface area contributed by atoms with Gasteiger partial charge in [0.2, 0.25) is 5.78 Å². The predicted octanol–water partition coefficient (Wildman–Crippen LogP) is 1.70. The van der Waals surface area contributed by atoms with E-state index in [1.54, 1.807) is 12.2 Å². The number of rotatable bonds is 0. The van der Waals surface area contributed by atoms with Crippen LogP contribution in [-0.2, 0) is 11.2 Å². The van der Waals surface area contributed by atoms with Crippen molar-refractivity contribution in [3.63, 3.8) is 0 Å². The fourth-order valence-corrected chi connectivity index (χ4v) is 4.26. The Morgan fingerprint density at radius 2 is 1.87 bits per heavy atom. The fraction of sp³-hybridized carbons (Fsp3) is 0.333. The molecule has 5 nitrogen and oxygen atoms in total. The largest absolute Gasteiger partial charge is 0.358 e. The average Bonchev–Trinajstić information content (AvgIpc) is 3.01. The third kappa shape index (κ3) is 1.57. The summed E-state index contributed by atoms with van der Waals surface area (Å²) in [4.78, 5) is 36.9. The molecule has 5 heteroatoms. The van der Waals surface area contributed by atoms with Crippen LogP contribution < -0.4 is 0 Å². The van der Waals surface area contributed by atoms with Crippen LogP contribution in [0, 0.1) is 11.3 Å². The van der Waals surface area contributed by atoms with Crippen LogP contribution >= 0.6 is 0 Å². The highest BCUT2D eigenvalue weighted by molar-refractivity contribution is 6.54. The minimum atomic E-state index is -0.358. The van der Waals surface area contributed by atoms with Crippen LogP contribution in [0.2, 0.25) is 0 Å². The van der Waals surface area contributed by atoms with Gasteiger partial charge in [-0.3, -0.25) is 19.6 Å². The Labute approximate surface area is 132 Å². The molecule has 1 unspecified atom stereocenters. The number of H-pyrrole nitrogens is 1. The monoisotopic (exact) mass is 305 g/mol. The summed E-state index contributed by atoms with van der Waals surface area (Å²) < 4.78 is 0. The topological polar surface area (TPSA) is 74.7 Å². The lowest BCUT2D eigenvalue weighted by Gasteiger charge is -2.43. The second-order valence-electron chi connectivity index (χ2n) is 6.54. The smallest absolute Gasteiger partial charge is 0.224 e. The summed E-state index contributed by atoms with van der Waals surface area (Å²) in [5, 5.41) is 0. The SMILES string of the molecule is O=C1C=CC2(C=C1)CCN=C1C(=O)c3[nH]cc4c3C(=NCC4)C12. The summed E-state index contributed by atoms with van der Waals surface area (Å²) >= 11 is 0. The first-order valence-electron chi connectivity index (χ1n) is 7.96. The molecule has 1 spiro atoms. The molecule has 0 aromatic carbocycles. The number of carbonyl (C=O) groups excluding carboxylic acids is 2. The molecule has 23 heavy (non-hydrogen) atoms. The lowest BCUT2D eigenvalue weighted by atomic mass is 9.61. The molecule has 2 aliphatic heterocycles. The normalized spacial score (nSPS) is 26.7. The molecule has 0 saturated heterocycles. The van der Waals surface area contributed by atoms with Crippen molar-refractivity contribution < 1.29 is 9.59 Å². The molecule has 114 valence electrons. The molecular formula is C18H15N3O2. The minimum absolute atomic E-state index is 0.00423. The van der Waals surface area contributed by atoms with Crippen LogP contribution in [0.25, 0.3) is 0 Å². The zero-order valence-corrected chi connectivity index (χ0v) is 12.5. The lowest BCUT2D eigenvalue weighted by molar-refractivity contribution is -0.110. The molecule has 2 aliphatic carbocycles. The van der Waals surface area contributed by atoms with E-state index in [9.17, 15) is 9.59 Å². The molecule has 5 rings (SSSR count). The number of ketones is 2. The van der Waals surface area contributed by atoms with Crippen molar-refractivity contribution >= 4 is 23.0 Å². The number of Topliss-reactive ketones (excluding diaryl/α,β-unsaturated/α-hetero) is 1. The van der Waals surface area contributed by atoms with E-state index in [2.05, 4.69) is 9.98 Å². The number of hydrogen-bond acceptors (Lipinski definition) is 4. The maximum Gasteiger partial charge on any atom is 0.224 e. The highest BCUT2D eigenvalue weighted by Gasteiger charge is 2.51. The molecule has 1 aromatic heterocycles. The number of aliphatic imine (C=N–C) groups is 2. The highest BCUT2D eigenvalue weighted by atomic mass is 16.1. The maximum absolute atomic E-state index is 12.9. The van der Waals surface area contributed by atoms with Gasteiger partial charge in [0.1, 0.15) is 0 Å². The van der Waals surface area contributed by atoms with Crippen LogP contribution in [0.15, 0.2) is 40.5 Å². The van der Waals surface area contributed by atoms with E-state index in [-0.39, 0.29) is 22.9 Å². The molecule has 1 N–H and O–H groups in total. The van der Waals surface area contributed by atoms with E-state index in [0.717, 1.165) is 36.2 Å². The lowest BCUT2D eigenvalue weighted by Crippen LogP contribution is -2.50. The summed E-state index contributed by atoms with van der Waals surface area (Å²) in [7, 11) is 0. The van der Waals surface area contributed by atoms with Crippen molar-refractivity contribution in [3.8, 4) is 0 Å². The van der Waals surface area contributed by atoms with Crippen LogP contribution in [0.1, 0.15) is 28.0 Å². The van der Waals surface area contributed by atoms with Gasteiger partial charge in [-0.1, -0.05) is 12.2 Å². The first-order chi connectivity index (χ1) is 11.2. The molecule has 0 bridgehead atoms. The maximum atomic E-state index is 12.9. The molecule has 3 heterocycles. The number of carbonyl (C=O) groups is 2. The molecule has 0 amide bonds. The van der Waals surface area contributed by atoms with Gasteiger partial charge < -0.3 is 4.98 Å². The summed E-state index contributed by atoms with van der Waals surface area (Å²) in [5.74, 6) is -0.197. The number of aromatic nitrogens is 1. The van der Waals surface area contributed by atoms with E-state index in [0.29, 0.717) is 18.0 Å². The summed E-state index contributed by atoms with van der Waals surface area (Å²) in [6, 6.07) is 0. The molecular weight excluding hydrogens is 290 g/mol. The van der Waals surface area contributed by atoms with Crippen molar-refractivity contribution in [2.45, 2.75) is 12.8 Å². The van der Waals surface area contributed by atoms with Gasteiger partial charge in [-0.15, -0.1) is 0 Å². The van der Waals surface area contributed by atoms with Gasteiger partial charge in [-0.25, -0.2) is 0 Å². The van der Waals surface area contributed by atoms with Crippen molar-refractivity contribution in [1.29, 1.82) is 0 Å². The van der Waals surface area contributed by atoms with Crippen LogP contribution in [0.5, 0.6) is 0 Å². The average molecular weight is 305 g/mol. The van der Waals surface area contributed by atoms with Gasteiger partial charge >= 0.3 is 0 Å². The van der Waals surface area contributed by atoms with E-state index >= 15 is 0 Å². The number of nitrogens with one attached hydrogen (secondary N) is 1. The first kappa shape index (κ1) is 12.9. The van der Waals surface area contributed by atoms with Gasteiger partial charge in [0.15, 0.2) is 5.78 Å². The predicted molar refractivity (Wildman–Crippen MR) is 86.4 cm³/mol. The number of hydrogen-bond donors (Lipinski definition) is 1. The third-order valence-electron chi connectivity index (χ3n) is 5.37. The minimum Gasteiger partial charge on any atom is -0.358 e. The molecule has 0 fully saturated rings.